The first-order valence-electron chi connectivity index (χ1n) is 10.3. The van der Waals surface area contributed by atoms with Gasteiger partial charge in [-0.2, -0.15) is 15.0 Å². The van der Waals surface area contributed by atoms with Gasteiger partial charge in [0.1, 0.15) is 0 Å². The highest BCUT2D eigenvalue weighted by Gasteiger charge is 2.17. The highest BCUT2D eigenvalue weighted by molar-refractivity contribution is 5.85. The van der Waals surface area contributed by atoms with Crippen molar-refractivity contribution in [2.45, 2.75) is 27.7 Å². The second-order valence-corrected chi connectivity index (χ2v) is 7.73. The maximum absolute atomic E-state index is 5.48. The average Bonchev–Trinajstić information content (AvgIpc) is 2.74. The van der Waals surface area contributed by atoms with Crippen LogP contribution in [0.3, 0.4) is 0 Å². The van der Waals surface area contributed by atoms with Gasteiger partial charge in [-0.05, 0) is 74.2 Å². The van der Waals surface area contributed by atoms with Gasteiger partial charge in [-0.25, -0.2) is 0 Å². The van der Waals surface area contributed by atoms with Crippen LogP contribution in [0, 0.1) is 27.7 Å². The first-order valence-corrected chi connectivity index (χ1v) is 10.3. The maximum atomic E-state index is 5.48. The molecule has 4 rings (SSSR count). The fourth-order valence-electron chi connectivity index (χ4n) is 3.28. The van der Waals surface area contributed by atoms with Crippen molar-refractivity contribution in [3.63, 3.8) is 0 Å². The Morgan fingerprint density at radius 3 is 1.59 bits per heavy atom. The number of hydrogen-bond acceptors (Lipinski definition) is 7. The van der Waals surface area contributed by atoms with Crippen LogP contribution in [0.4, 0.5) is 29.2 Å². The molecule has 0 aliphatic carbocycles. The highest BCUT2D eigenvalue weighted by Crippen LogP contribution is 2.23. The number of aryl methyl sites for hydroxylation is 4. The Bertz CT molecular complexity index is 985. The van der Waals surface area contributed by atoms with Gasteiger partial charge in [0.05, 0.1) is 13.2 Å². The molecule has 3 aromatic rings. The molecule has 0 radical (unpaired) electrons. The van der Waals surface area contributed by atoms with Crippen molar-refractivity contribution in [2.75, 3.05) is 41.8 Å². The van der Waals surface area contributed by atoms with Crippen LogP contribution < -0.4 is 15.5 Å². The summed E-state index contributed by atoms with van der Waals surface area (Å²) in [6, 6.07) is 12.5. The Hall–Kier alpha value is -2.61. The van der Waals surface area contributed by atoms with E-state index in [0.717, 1.165) is 24.5 Å². The number of nitrogens with zero attached hydrogens (tertiary/aromatic N) is 4. The van der Waals surface area contributed by atoms with Crippen molar-refractivity contribution in [1.29, 1.82) is 0 Å². The normalized spacial score (nSPS) is 13.1. The second kappa shape index (κ2) is 11.3. The Balaban J connectivity index is 0.00000181. The van der Waals surface area contributed by atoms with E-state index in [9.17, 15) is 0 Å². The fourth-order valence-corrected chi connectivity index (χ4v) is 3.28. The molecule has 0 amide bonds. The number of morpholine rings is 1. The third-order valence-corrected chi connectivity index (χ3v) is 5.44. The molecule has 7 nitrogen and oxygen atoms in total. The number of rotatable bonds is 5. The summed E-state index contributed by atoms with van der Waals surface area (Å²) in [6.45, 7) is 11.3. The van der Waals surface area contributed by atoms with Crippen molar-refractivity contribution in [3.8, 4) is 0 Å². The molecule has 1 aliphatic rings. The Morgan fingerprint density at radius 1 is 0.688 bits per heavy atom. The van der Waals surface area contributed by atoms with Gasteiger partial charge in [0.2, 0.25) is 17.8 Å². The van der Waals surface area contributed by atoms with E-state index in [2.05, 4.69) is 82.4 Å². The molecule has 2 heterocycles. The summed E-state index contributed by atoms with van der Waals surface area (Å²) in [5.74, 6) is 1.67. The Labute approximate surface area is 201 Å². The van der Waals surface area contributed by atoms with Crippen LogP contribution >= 0.6 is 24.8 Å². The minimum atomic E-state index is 0. The summed E-state index contributed by atoms with van der Waals surface area (Å²) < 4.78 is 5.48. The smallest absolute Gasteiger partial charge is 0.233 e. The van der Waals surface area contributed by atoms with Crippen molar-refractivity contribution < 1.29 is 4.74 Å². The molecule has 2 aromatic carbocycles. The number of benzene rings is 2. The van der Waals surface area contributed by atoms with E-state index >= 15 is 0 Å². The standard InChI is InChI=1S/C23H28N6O.2ClH/c1-15-5-7-19(13-17(15)3)24-21-26-22(25-20-8-6-16(2)18(4)14-20)28-23(27-21)29-9-11-30-12-10-29;;/h5-8,13-14H,9-12H2,1-4H3,(H2,24,25,26,27,28);2*1H. The van der Waals surface area contributed by atoms with E-state index in [1.165, 1.54) is 22.3 Å². The monoisotopic (exact) mass is 476 g/mol. The lowest BCUT2D eigenvalue weighted by atomic mass is 10.1. The molecular formula is C23H30Cl2N6O. The molecule has 2 N–H and O–H groups in total. The van der Waals surface area contributed by atoms with Crippen LogP contribution in [0.5, 0.6) is 0 Å². The molecule has 9 heteroatoms. The molecular weight excluding hydrogens is 447 g/mol. The van der Waals surface area contributed by atoms with E-state index in [4.69, 9.17) is 4.74 Å². The molecule has 32 heavy (non-hydrogen) atoms. The third kappa shape index (κ3) is 6.22. The molecule has 0 spiro atoms. The first-order chi connectivity index (χ1) is 14.5. The quantitative estimate of drug-likeness (QED) is 0.518. The number of ether oxygens (including phenoxy) is 1. The van der Waals surface area contributed by atoms with E-state index < -0.39 is 0 Å². The minimum Gasteiger partial charge on any atom is -0.378 e. The van der Waals surface area contributed by atoms with Crippen LogP contribution in [-0.4, -0.2) is 41.3 Å². The van der Waals surface area contributed by atoms with Crippen LogP contribution in [-0.2, 0) is 4.74 Å². The van der Waals surface area contributed by atoms with E-state index in [1.54, 1.807) is 0 Å². The Kier molecular flexibility index (Phi) is 9.07. The van der Waals surface area contributed by atoms with Crippen LogP contribution in [0.1, 0.15) is 22.3 Å². The second-order valence-electron chi connectivity index (χ2n) is 7.73. The topological polar surface area (TPSA) is 75.2 Å². The third-order valence-electron chi connectivity index (χ3n) is 5.44. The van der Waals surface area contributed by atoms with Gasteiger partial charge in [0.15, 0.2) is 0 Å². The fraction of sp³-hybridized carbons (Fsp3) is 0.348. The van der Waals surface area contributed by atoms with Gasteiger partial charge in [-0.3, -0.25) is 0 Å². The summed E-state index contributed by atoms with van der Waals surface area (Å²) in [5, 5.41) is 6.68. The van der Waals surface area contributed by atoms with Crippen LogP contribution in [0.2, 0.25) is 0 Å². The zero-order valence-corrected chi connectivity index (χ0v) is 20.4. The molecule has 1 fully saturated rings. The predicted molar refractivity (Wildman–Crippen MR) is 136 cm³/mol. The largest absolute Gasteiger partial charge is 0.378 e. The van der Waals surface area contributed by atoms with Crippen LogP contribution in [0.25, 0.3) is 0 Å². The van der Waals surface area contributed by atoms with Gasteiger partial charge >= 0.3 is 0 Å². The number of halogens is 2. The molecule has 1 saturated heterocycles. The minimum absolute atomic E-state index is 0. The van der Waals surface area contributed by atoms with E-state index in [0.29, 0.717) is 31.1 Å². The molecule has 1 aromatic heterocycles. The van der Waals surface area contributed by atoms with Gasteiger partial charge in [-0.15, -0.1) is 24.8 Å². The molecule has 0 bridgehead atoms. The zero-order chi connectivity index (χ0) is 21.1. The SMILES string of the molecule is Cc1ccc(Nc2nc(Nc3ccc(C)c(C)c3)nc(N3CCOCC3)n2)cc1C.Cl.Cl. The number of hydrogen-bond donors (Lipinski definition) is 2. The van der Waals surface area contributed by atoms with Gasteiger partial charge in [-0.1, -0.05) is 12.1 Å². The van der Waals surface area contributed by atoms with Crippen molar-refractivity contribution in [1.82, 2.24) is 15.0 Å². The summed E-state index contributed by atoms with van der Waals surface area (Å²) in [4.78, 5) is 16.1. The molecule has 172 valence electrons. The lowest BCUT2D eigenvalue weighted by Gasteiger charge is -2.27. The lowest BCUT2D eigenvalue weighted by molar-refractivity contribution is 0.122. The van der Waals surface area contributed by atoms with Crippen molar-refractivity contribution in [3.05, 3.63) is 58.7 Å². The molecule has 1 aliphatic heterocycles. The summed E-state index contributed by atoms with van der Waals surface area (Å²) in [6.07, 6.45) is 0. The number of anilines is 5. The average molecular weight is 477 g/mol. The number of nitrogens with one attached hydrogen (secondary N) is 2. The van der Waals surface area contributed by atoms with Gasteiger partial charge in [0, 0.05) is 24.5 Å². The maximum Gasteiger partial charge on any atom is 0.233 e. The first kappa shape index (κ1) is 25.6. The summed E-state index contributed by atoms with van der Waals surface area (Å²) in [7, 11) is 0. The number of aromatic nitrogens is 3. The van der Waals surface area contributed by atoms with E-state index in [1.807, 2.05) is 12.1 Å². The predicted octanol–water partition coefficient (Wildman–Crippen LogP) is 5.27. The highest BCUT2D eigenvalue weighted by atomic mass is 35.5. The zero-order valence-electron chi connectivity index (χ0n) is 18.8. The van der Waals surface area contributed by atoms with Gasteiger partial charge < -0.3 is 20.3 Å². The molecule has 0 saturated carbocycles. The molecule has 0 atom stereocenters. The summed E-state index contributed by atoms with van der Waals surface area (Å²) >= 11 is 0. The van der Waals surface area contributed by atoms with E-state index in [-0.39, 0.29) is 24.8 Å². The lowest BCUT2D eigenvalue weighted by Crippen LogP contribution is -2.37. The Morgan fingerprint density at radius 2 is 1.16 bits per heavy atom. The van der Waals surface area contributed by atoms with Crippen molar-refractivity contribution >= 4 is 54.0 Å². The molecule has 0 unspecified atom stereocenters. The van der Waals surface area contributed by atoms with Gasteiger partial charge in [0.25, 0.3) is 0 Å². The van der Waals surface area contributed by atoms with Crippen molar-refractivity contribution in [2.24, 2.45) is 0 Å². The summed E-state index contributed by atoms with van der Waals surface area (Å²) in [5.41, 5.74) is 6.85. The van der Waals surface area contributed by atoms with Crippen LogP contribution in [0.15, 0.2) is 36.4 Å².